The van der Waals surface area contributed by atoms with Crippen molar-refractivity contribution in [2.45, 2.75) is 18.4 Å². The summed E-state index contributed by atoms with van der Waals surface area (Å²) in [4.78, 5) is 16.2. The average Bonchev–Trinajstić information content (AvgIpc) is 3.08. The summed E-state index contributed by atoms with van der Waals surface area (Å²) in [5, 5.41) is 0.315. The minimum Gasteiger partial charge on any atom is -0.458 e. The fourth-order valence-corrected chi connectivity index (χ4v) is 3.70. The number of esters is 1. The topological polar surface area (TPSA) is 98.5 Å². The maximum Gasteiger partial charge on any atom is 0.321 e. The zero-order valence-electron chi connectivity index (χ0n) is 15.2. The second-order valence-corrected chi connectivity index (χ2v) is 8.53. The summed E-state index contributed by atoms with van der Waals surface area (Å²) in [5.74, 6) is 0.153. The normalized spacial score (nSPS) is 11.4. The van der Waals surface area contributed by atoms with E-state index in [2.05, 4.69) is 9.71 Å². The van der Waals surface area contributed by atoms with Crippen molar-refractivity contribution < 1.29 is 22.4 Å². The van der Waals surface area contributed by atoms with Gasteiger partial charge < -0.3 is 9.15 Å². The predicted molar refractivity (Wildman–Crippen MR) is 108 cm³/mol. The molecule has 0 amide bonds. The molecule has 1 N–H and O–H groups in total. The maximum atomic E-state index is 12.2. The number of rotatable bonds is 7. The third kappa shape index (κ3) is 5.36. The van der Waals surface area contributed by atoms with Crippen LogP contribution in [0.2, 0.25) is 10.0 Å². The number of hydrogen-bond acceptors (Lipinski definition) is 6. The van der Waals surface area contributed by atoms with Crippen molar-refractivity contribution in [2.24, 2.45) is 0 Å². The quantitative estimate of drug-likeness (QED) is 0.542. The van der Waals surface area contributed by atoms with Crippen molar-refractivity contribution in [3.8, 4) is 11.5 Å². The van der Waals surface area contributed by atoms with Gasteiger partial charge in [0.05, 0.1) is 14.9 Å². The lowest BCUT2D eigenvalue weighted by molar-refractivity contribution is -0.143. The lowest BCUT2D eigenvalue weighted by Gasteiger charge is -2.07. The fourth-order valence-electron chi connectivity index (χ4n) is 2.35. The van der Waals surface area contributed by atoms with Crippen LogP contribution in [0.15, 0.2) is 57.8 Å². The van der Waals surface area contributed by atoms with Crippen molar-refractivity contribution in [3.63, 3.8) is 0 Å². The molecule has 1 heterocycles. The van der Waals surface area contributed by atoms with E-state index >= 15 is 0 Å². The van der Waals surface area contributed by atoms with Crippen LogP contribution in [-0.4, -0.2) is 25.9 Å². The number of nitrogens with zero attached hydrogens (tertiary/aromatic N) is 1. The van der Waals surface area contributed by atoms with Gasteiger partial charge in [0, 0.05) is 5.56 Å². The van der Waals surface area contributed by atoms with Gasteiger partial charge in [0.1, 0.15) is 24.6 Å². The van der Waals surface area contributed by atoms with Gasteiger partial charge in [-0.1, -0.05) is 41.4 Å². The van der Waals surface area contributed by atoms with Crippen molar-refractivity contribution >= 4 is 39.2 Å². The standard InChI is InChI=1S/C19H16Cl2N2O5S/c1-12-17(23-19(28-12)13-5-3-2-4-6-13)11-27-18(24)10-22-29(25,26)14-7-8-15(20)16(21)9-14/h2-9,22H,10-11H2,1H3. The van der Waals surface area contributed by atoms with Crippen LogP contribution < -0.4 is 4.72 Å². The Morgan fingerprint density at radius 3 is 2.55 bits per heavy atom. The third-order valence-corrected chi connectivity index (χ3v) is 6.03. The highest BCUT2D eigenvalue weighted by molar-refractivity contribution is 7.89. The van der Waals surface area contributed by atoms with E-state index in [9.17, 15) is 13.2 Å². The lowest BCUT2D eigenvalue weighted by Crippen LogP contribution is -2.30. The molecule has 29 heavy (non-hydrogen) atoms. The fraction of sp³-hybridized carbons (Fsp3) is 0.158. The summed E-state index contributed by atoms with van der Waals surface area (Å²) in [5.41, 5.74) is 1.24. The molecule has 0 aliphatic carbocycles. The van der Waals surface area contributed by atoms with Crippen LogP contribution in [0.25, 0.3) is 11.5 Å². The van der Waals surface area contributed by atoms with Gasteiger partial charge >= 0.3 is 5.97 Å². The lowest BCUT2D eigenvalue weighted by atomic mass is 10.2. The van der Waals surface area contributed by atoms with Crippen LogP contribution >= 0.6 is 23.2 Å². The first-order valence-corrected chi connectivity index (χ1v) is 10.6. The molecule has 0 fully saturated rings. The Hall–Kier alpha value is -2.39. The first-order chi connectivity index (χ1) is 13.8. The summed E-state index contributed by atoms with van der Waals surface area (Å²) >= 11 is 11.6. The molecule has 7 nitrogen and oxygen atoms in total. The zero-order chi connectivity index (χ0) is 21.0. The maximum absolute atomic E-state index is 12.2. The first-order valence-electron chi connectivity index (χ1n) is 8.38. The van der Waals surface area contributed by atoms with Crippen molar-refractivity contribution in [2.75, 3.05) is 6.54 Å². The molecule has 0 saturated carbocycles. The van der Waals surface area contributed by atoms with Gasteiger partial charge in [-0.3, -0.25) is 4.79 Å². The number of nitrogens with one attached hydrogen (secondary N) is 1. The van der Waals surface area contributed by atoms with E-state index in [0.29, 0.717) is 17.3 Å². The van der Waals surface area contributed by atoms with Crippen molar-refractivity contribution in [3.05, 3.63) is 70.0 Å². The Morgan fingerprint density at radius 1 is 1.14 bits per heavy atom. The Balaban J connectivity index is 1.58. The highest BCUT2D eigenvalue weighted by atomic mass is 35.5. The molecule has 0 unspecified atom stereocenters. The first kappa shape index (κ1) is 21.3. The summed E-state index contributed by atoms with van der Waals surface area (Å²) < 4.78 is 37.3. The molecular weight excluding hydrogens is 439 g/mol. The summed E-state index contributed by atoms with van der Waals surface area (Å²) in [6, 6.07) is 13.1. The smallest absolute Gasteiger partial charge is 0.321 e. The number of aryl methyl sites for hydroxylation is 1. The van der Waals surface area contributed by atoms with Crippen LogP contribution in [0.4, 0.5) is 0 Å². The monoisotopic (exact) mass is 454 g/mol. The van der Waals surface area contributed by atoms with Crippen LogP contribution in [0.3, 0.4) is 0 Å². The van der Waals surface area contributed by atoms with Crippen LogP contribution in [0.1, 0.15) is 11.5 Å². The van der Waals surface area contributed by atoms with Gasteiger partial charge in [-0.05, 0) is 37.3 Å². The summed E-state index contributed by atoms with van der Waals surface area (Å²) in [7, 11) is -3.95. The van der Waals surface area contributed by atoms with Gasteiger partial charge in [0.25, 0.3) is 0 Å². The molecule has 0 aliphatic rings. The number of sulfonamides is 1. The number of oxazole rings is 1. The molecule has 0 atom stereocenters. The Morgan fingerprint density at radius 2 is 1.86 bits per heavy atom. The van der Waals surface area contributed by atoms with E-state index in [1.165, 1.54) is 18.2 Å². The van der Waals surface area contributed by atoms with E-state index < -0.39 is 22.5 Å². The van der Waals surface area contributed by atoms with E-state index in [4.69, 9.17) is 32.4 Å². The second-order valence-electron chi connectivity index (χ2n) is 5.95. The van der Waals surface area contributed by atoms with Gasteiger partial charge in [-0.15, -0.1) is 0 Å². The second kappa shape index (κ2) is 8.96. The molecule has 10 heteroatoms. The van der Waals surface area contributed by atoms with E-state index in [0.717, 1.165) is 5.56 Å². The molecule has 3 aromatic rings. The van der Waals surface area contributed by atoms with Gasteiger partial charge in [-0.2, -0.15) is 4.72 Å². The SMILES string of the molecule is Cc1oc(-c2ccccc2)nc1COC(=O)CNS(=O)(=O)c1ccc(Cl)c(Cl)c1. The Kier molecular flexibility index (Phi) is 6.59. The molecule has 152 valence electrons. The zero-order valence-corrected chi connectivity index (χ0v) is 17.5. The highest BCUT2D eigenvalue weighted by Crippen LogP contribution is 2.25. The number of aromatic nitrogens is 1. The summed E-state index contributed by atoms with van der Waals surface area (Å²) in [6.45, 7) is 1.01. The van der Waals surface area contributed by atoms with E-state index in [1.54, 1.807) is 6.92 Å². The molecule has 0 spiro atoms. The third-order valence-electron chi connectivity index (χ3n) is 3.89. The molecular formula is C19H16Cl2N2O5S. The number of carbonyl (C=O) groups is 1. The molecule has 0 bridgehead atoms. The molecule has 0 radical (unpaired) electrons. The molecule has 0 saturated heterocycles. The van der Waals surface area contributed by atoms with Gasteiger partial charge in [-0.25, -0.2) is 13.4 Å². The van der Waals surface area contributed by atoms with Crippen molar-refractivity contribution in [1.82, 2.24) is 9.71 Å². The van der Waals surface area contributed by atoms with Crippen molar-refractivity contribution in [1.29, 1.82) is 0 Å². The average molecular weight is 455 g/mol. The van der Waals surface area contributed by atoms with E-state index in [-0.39, 0.29) is 21.5 Å². The number of benzene rings is 2. The number of hydrogen-bond donors (Lipinski definition) is 1. The molecule has 1 aromatic heterocycles. The highest BCUT2D eigenvalue weighted by Gasteiger charge is 2.18. The van der Waals surface area contributed by atoms with Gasteiger partial charge in [0.2, 0.25) is 15.9 Å². The number of carbonyl (C=O) groups excluding carboxylic acids is 1. The molecule has 3 rings (SSSR count). The largest absolute Gasteiger partial charge is 0.458 e. The summed E-state index contributed by atoms with van der Waals surface area (Å²) in [6.07, 6.45) is 0. The number of halogens is 2. The van der Waals surface area contributed by atoms with Gasteiger partial charge in [0.15, 0.2) is 0 Å². The minimum absolute atomic E-state index is 0.0906. The van der Waals surface area contributed by atoms with Crippen LogP contribution in [0, 0.1) is 6.92 Å². The van der Waals surface area contributed by atoms with E-state index in [1.807, 2.05) is 30.3 Å². The Bertz CT molecular complexity index is 1130. The minimum atomic E-state index is -3.95. The molecule has 2 aromatic carbocycles. The predicted octanol–water partition coefficient (Wildman–Crippen LogP) is 3.98. The Labute approximate surface area is 177 Å². The molecule has 0 aliphatic heterocycles. The van der Waals surface area contributed by atoms with Crippen LogP contribution in [-0.2, 0) is 26.2 Å². The van der Waals surface area contributed by atoms with Crippen LogP contribution in [0.5, 0.6) is 0 Å². The number of ether oxygens (including phenoxy) is 1.